The smallest absolute Gasteiger partial charge is 0.328 e. The minimum atomic E-state index is -0.876. The number of ether oxygens (including phenoxy) is 1. The van der Waals surface area contributed by atoms with Crippen molar-refractivity contribution in [2.45, 2.75) is 38.3 Å². The molecule has 0 bridgehead atoms. The molecule has 20 heavy (non-hydrogen) atoms. The fourth-order valence-electron chi connectivity index (χ4n) is 3.08. The van der Waals surface area contributed by atoms with Crippen molar-refractivity contribution < 1.29 is 24.2 Å². The number of carboxylic acids is 1. The quantitative estimate of drug-likeness (QED) is 0.748. The summed E-state index contributed by atoms with van der Waals surface area (Å²) >= 11 is 0. The number of hydrogen-bond donors (Lipinski definition) is 1. The van der Waals surface area contributed by atoms with Crippen LogP contribution in [0.15, 0.2) is 0 Å². The minimum Gasteiger partial charge on any atom is -0.481 e. The maximum absolute atomic E-state index is 12.5. The summed E-state index contributed by atoms with van der Waals surface area (Å²) in [6, 6.07) is -1.14. The van der Waals surface area contributed by atoms with E-state index in [0.29, 0.717) is 25.9 Å². The lowest BCUT2D eigenvalue weighted by atomic mass is 10.0. The van der Waals surface area contributed by atoms with Crippen LogP contribution in [0.3, 0.4) is 0 Å². The molecule has 0 aromatic heterocycles. The van der Waals surface area contributed by atoms with Gasteiger partial charge in [-0.25, -0.2) is 9.59 Å². The molecule has 7 heteroatoms. The van der Waals surface area contributed by atoms with Gasteiger partial charge < -0.3 is 19.6 Å². The molecule has 7 nitrogen and oxygen atoms in total. The van der Waals surface area contributed by atoms with Crippen LogP contribution in [0, 0.1) is 5.92 Å². The Balaban J connectivity index is 2.08. The molecular formula is C13H20N2O5. The molecule has 2 amide bonds. The van der Waals surface area contributed by atoms with Crippen LogP contribution in [0.4, 0.5) is 4.79 Å². The number of carboxylic acid groups (broad SMARTS) is 1. The number of methoxy groups -OCH3 is 1. The van der Waals surface area contributed by atoms with Crippen molar-refractivity contribution in [3.05, 3.63) is 0 Å². The third kappa shape index (κ3) is 2.44. The van der Waals surface area contributed by atoms with Crippen molar-refractivity contribution in [1.82, 2.24) is 9.80 Å². The average molecular weight is 284 g/mol. The van der Waals surface area contributed by atoms with Gasteiger partial charge in [0, 0.05) is 19.1 Å². The first-order valence-electron chi connectivity index (χ1n) is 6.85. The van der Waals surface area contributed by atoms with Crippen LogP contribution in [0.2, 0.25) is 0 Å². The highest BCUT2D eigenvalue weighted by molar-refractivity contribution is 5.85. The van der Waals surface area contributed by atoms with Crippen molar-refractivity contribution in [2.75, 3.05) is 20.2 Å². The van der Waals surface area contributed by atoms with E-state index in [1.165, 1.54) is 12.0 Å². The van der Waals surface area contributed by atoms with Gasteiger partial charge in [0.15, 0.2) is 0 Å². The summed E-state index contributed by atoms with van der Waals surface area (Å²) in [4.78, 5) is 38.3. The Morgan fingerprint density at radius 3 is 2.40 bits per heavy atom. The van der Waals surface area contributed by atoms with Crippen LogP contribution in [-0.2, 0) is 14.3 Å². The fourth-order valence-corrected chi connectivity index (χ4v) is 3.08. The number of urea groups is 1. The zero-order chi connectivity index (χ0) is 14.9. The molecule has 2 heterocycles. The normalized spacial score (nSPS) is 29.6. The Morgan fingerprint density at radius 2 is 1.85 bits per heavy atom. The van der Waals surface area contributed by atoms with Gasteiger partial charge in [-0.3, -0.25) is 4.79 Å². The van der Waals surface area contributed by atoms with E-state index in [9.17, 15) is 14.4 Å². The lowest BCUT2D eigenvalue weighted by molar-refractivity contribution is -0.145. The van der Waals surface area contributed by atoms with Crippen molar-refractivity contribution in [2.24, 2.45) is 5.92 Å². The second-order valence-electron chi connectivity index (χ2n) is 5.32. The van der Waals surface area contributed by atoms with Gasteiger partial charge in [-0.1, -0.05) is 0 Å². The monoisotopic (exact) mass is 284 g/mol. The number of esters is 1. The van der Waals surface area contributed by atoms with Crippen LogP contribution in [-0.4, -0.2) is 65.2 Å². The molecule has 2 rings (SSSR count). The topological polar surface area (TPSA) is 87.2 Å². The number of carbonyl (C=O) groups is 3. The summed E-state index contributed by atoms with van der Waals surface area (Å²) in [5.41, 5.74) is 0. The van der Waals surface area contributed by atoms with E-state index in [-0.39, 0.29) is 12.1 Å². The van der Waals surface area contributed by atoms with E-state index < -0.39 is 23.9 Å². The summed E-state index contributed by atoms with van der Waals surface area (Å²) in [7, 11) is 1.31. The maximum atomic E-state index is 12.5. The molecular weight excluding hydrogens is 264 g/mol. The molecule has 2 fully saturated rings. The van der Waals surface area contributed by atoms with Gasteiger partial charge in [0.1, 0.15) is 6.04 Å². The highest BCUT2D eigenvalue weighted by Gasteiger charge is 2.43. The third-order valence-corrected chi connectivity index (χ3v) is 4.29. The van der Waals surface area contributed by atoms with E-state index in [4.69, 9.17) is 9.84 Å². The van der Waals surface area contributed by atoms with E-state index in [0.717, 1.165) is 6.42 Å². The third-order valence-electron chi connectivity index (χ3n) is 4.29. The standard InChI is InChI=1S/C13H20N2O5/c1-8-9(11(16)17)5-7-14(8)13(19)15-6-3-4-10(15)12(18)20-2/h8-10H,3-7H2,1-2H3,(H,16,17). The molecule has 2 saturated heterocycles. The fraction of sp³-hybridized carbons (Fsp3) is 0.769. The van der Waals surface area contributed by atoms with Gasteiger partial charge in [0.2, 0.25) is 0 Å². The highest BCUT2D eigenvalue weighted by atomic mass is 16.5. The van der Waals surface area contributed by atoms with Crippen LogP contribution >= 0.6 is 0 Å². The second kappa shape index (κ2) is 5.68. The molecule has 0 aliphatic carbocycles. The first-order chi connectivity index (χ1) is 9.47. The SMILES string of the molecule is COC(=O)C1CCCN1C(=O)N1CCC(C(=O)O)C1C. The lowest BCUT2D eigenvalue weighted by Gasteiger charge is -2.31. The molecule has 3 unspecified atom stereocenters. The summed E-state index contributed by atoms with van der Waals surface area (Å²) in [5, 5.41) is 9.10. The zero-order valence-electron chi connectivity index (χ0n) is 11.7. The first-order valence-corrected chi connectivity index (χ1v) is 6.85. The number of carbonyl (C=O) groups excluding carboxylic acids is 2. The number of nitrogens with zero attached hydrogens (tertiary/aromatic N) is 2. The minimum absolute atomic E-state index is 0.255. The molecule has 112 valence electrons. The molecule has 0 aromatic carbocycles. The Kier molecular flexibility index (Phi) is 4.15. The van der Waals surface area contributed by atoms with Crippen LogP contribution in [0.1, 0.15) is 26.2 Å². The van der Waals surface area contributed by atoms with E-state index in [1.54, 1.807) is 11.8 Å². The molecule has 2 aliphatic heterocycles. The Bertz CT molecular complexity index is 425. The van der Waals surface area contributed by atoms with Crippen LogP contribution in [0.25, 0.3) is 0 Å². The molecule has 0 saturated carbocycles. The molecule has 0 radical (unpaired) electrons. The number of rotatable bonds is 2. The molecule has 1 N–H and O–H groups in total. The predicted molar refractivity (Wildman–Crippen MR) is 69.1 cm³/mol. The molecule has 0 aromatic rings. The summed E-state index contributed by atoms with van der Waals surface area (Å²) in [6.07, 6.45) is 1.82. The largest absolute Gasteiger partial charge is 0.481 e. The number of hydrogen-bond acceptors (Lipinski definition) is 4. The molecule has 0 spiro atoms. The van der Waals surface area contributed by atoms with Gasteiger partial charge in [-0.05, 0) is 26.2 Å². The van der Waals surface area contributed by atoms with E-state index >= 15 is 0 Å². The Morgan fingerprint density at radius 1 is 1.15 bits per heavy atom. The van der Waals surface area contributed by atoms with Gasteiger partial charge in [0.25, 0.3) is 0 Å². The first kappa shape index (κ1) is 14.6. The lowest BCUT2D eigenvalue weighted by Crippen LogP contribution is -2.50. The maximum Gasteiger partial charge on any atom is 0.328 e. The average Bonchev–Trinajstić information content (AvgIpc) is 3.03. The summed E-state index contributed by atoms with van der Waals surface area (Å²) in [5.74, 6) is -1.81. The number of aliphatic carboxylic acids is 1. The number of likely N-dealkylation sites (tertiary alicyclic amines) is 2. The molecule has 3 atom stereocenters. The molecule has 2 aliphatic rings. The van der Waals surface area contributed by atoms with Gasteiger partial charge in [-0.2, -0.15) is 0 Å². The van der Waals surface area contributed by atoms with Crippen molar-refractivity contribution >= 4 is 18.0 Å². The second-order valence-corrected chi connectivity index (χ2v) is 5.32. The zero-order valence-corrected chi connectivity index (χ0v) is 11.7. The van der Waals surface area contributed by atoms with Gasteiger partial charge >= 0.3 is 18.0 Å². The van der Waals surface area contributed by atoms with Gasteiger partial charge in [0.05, 0.1) is 13.0 Å². The Hall–Kier alpha value is -1.79. The number of amides is 2. The van der Waals surface area contributed by atoms with Crippen molar-refractivity contribution in [1.29, 1.82) is 0 Å². The van der Waals surface area contributed by atoms with E-state index in [2.05, 4.69) is 0 Å². The predicted octanol–water partition coefficient (Wildman–Crippen LogP) is 0.539. The summed E-state index contributed by atoms with van der Waals surface area (Å²) in [6.45, 7) is 2.67. The van der Waals surface area contributed by atoms with Gasteiger partial charge in [-0.15, -0.1) is 0 Å². The van der Waals surface area contributed by atoms with Crippen LogP contribution < -0.4 is 0 Å². The Labute approximate surface area is 117 Å². The summed E-state index contributed by atoms with van der Waals surface area (Å²) < 4.78 is 4.72. The van der Waals surface area contributed by atoms with Crippen molar-refractivity contribution in [3.63, 3.8) is 0 Å². The van der Waals surface area contributed by atoms with E-state index in [1.807, 2.05) is 0 Å². The highest BCUT2D eigenvalue weighted by Crippen LogP contribution is 2.28. The van der Waals surface area contributed by atoms with Crippen LogP contribution in [0.5, 0.6) is 0 Å². The van der Waals surface area contributed by atoms with Crippen molar-refractivity contribution in [3.8, 4) is 0 Å².